The minimum absolute atomic E-state index is 0.188. The van der Waals surface area contributed by atoms with E-state index in [2.05, 4.69) is 13.8 Å². The number of nitrogens with zero attached hydrogens (tertiary/aromatic N) is 1. The maximum atomic E-state index is 11.7. The molecule has 17 heavy (non-hydrogen) atoms. The third-order valence-electron chi connectivity index (χ3n) is 3.01. The summed E-state index contributed by atoms with van der Waals surface area (Å²) in [5, 5.41) is 0. The van der Waals surface area contributed by atoms with Gasteiger partial charge >= 0.3 is 0 Å². The number of hydrogen-bond donors (Lipinski definition) is 0. The second-order valence-electron chi connectivity index (χ2n) is 4.86. The molecule has 3 nitrogen and oxygen atoms in total. The maximum Gasteiger partial charge on any atom is 0.222 e. The smallest absolute Gasteiger partial charge is 0.222 e. The molecule has 3 heteroatoms. The lowest BCUT2D eigenvalue weighted by molar-refractivity contribution is -0.135. The predicted octanol–water partition coefficient (Wildman–Crippen LogP) is 2.89. The zero-order valence-electron chi connectivity index (χ0n) is 12.0. The zero-order valence-corrected chi connectivity index (χ0v) is 12.0. The molecule has 1 aliphatic heterocycles. The highest BCUT2D eigenvalue weighted by molar-refractivity contribution is 5.79. The molecule has 1 fully saturated rings. The molecule has 0 aliphatic carbocycles. The number of carbonyl (C=O) groups is 2. The fourth-order valence-electron chi connectivity index (χ4n) is 2.01. The fourth-order valence-corrected chi connectivity index (χ4v) is 2.01. The van der Waals surface area contributed by atoms with Crippen molar-refractivity contribution in [3.8, 4) is 0 Å². The van der Waals surface area contributed by atoms with Crippen molar-refractivity contribution in [2.24, 2.45) is 11.8 Å². The Kier molecular flexibility index (Phi) is 7.85. The van der Waals surface area contributed by atoms with E-state index in [0.29, 0.717) is 12.3 Å². The zero-order chi connectivity index (χ0) is 13.4. The van der Waals surface area contributed by atoms with Crippen molar-refractivity contribution < 1.29 is 9.59 Å². The van der Waals surface area contributed by atoms with Crippen molar-refractivity contribution in [2.75, 3.05) is 13.1 Å². The molecule has 0 saturated carbocycles. The van der Waals surface area contributed by atoms with Crippen LogP contribution in [-0.4, -0.2) is 29.7 Å². The average Bonchev–Trinajstić information content (AvgIpc) is 2.31. The Balaban J connectivity index is 0.00000121. The van der Waals surface area contributed by atoms with Crippen LogP contribution in [0.15, 0.2) is 0 Å². The number of ketones is 1. The Hall–Kier alpha value is -0.860. The molecule has 0 aromatic carbocycles. The Labute approximate surface area is 106 Å². The van der Waals surface area contributed by atoms with Crippen LogP contribution in [0.2, 0.25) is 0 Å². The standard InChI is InChI=1S/C12H21NO2.C2H6/c1-9(2)8-12(15)13-6-4-11(5-7-13)10(3)14;1-2/h9,11H,4-8H2,1-3H3;1-2H3. The Morgan fingerprint density at radius 2 is 1.65 bits per heavy atom. The minimum atomic E-state index is 0.188. The first kappa shape index (κ1) is 16.1. The normalized spacial score (nSPS) is 16.5. The van der Waals surface area contributed by atoms with Crippen LogP contribution in [0.25, 0.3) is 0 Å². The van der Waals surface area contributed by atoms with Crippen LogP contribution < -0.4 is 0 Å². The molecule has 0 unspecified atom stereocenters. The van der Waals surface area contributed by atoms with Crippen molar-refractivity contribution in [3.05, 3.63) is 0 Å². The van der Waals surface area contributed by atoms with Gasteiger partial charge in [-0.05, 0) is 25.7 Å². The first-order chi connectivity index (χ1) is 8.00. The molecule has 0 radical (unpaired) electrons. The van der Waals surface area contributed by atoms with Crippen LogP contribution in [0.5, 0.6) is 0 Å². The van der Waals surface area contributed by atoms with E-state index in [-0.39, 0.29) is 17.6 Å². The Morgan fingerprint density at radius 3 is 2.00 bits per heavy atom. The number of piperidine rings is 1. The molecular formula is C14H27NO2. The summed E-state index contributed by atoms with van der Waals surface area (Å²) in [7, 11) is 0. The molecule has 1 aliphatic rings. The summed E-state index contributed by atoms with van der Waals surface area (Å²) in [6.07, 6.45) is 2.32. The molecule has 100 valence electrons. The van der Waals surface area contributed by atoms with Crippen LogP contribution in [0.4, 0.5) is 0 Å². The number of likely N-dealkylation sites (tertiary alicyclic amines) is 1. The maximum absolute atomic E-state index is 11.7. The number of rotatable bonds is 3. The molecule has 1 heterocycles. The third kappa shape index (κ3) is 5.85. The van der Waals surface area contributed by atoms with E-state index in [4.69, 9.17) is 0 Å². The first-order valence-electron chi connectivity index (χ1n) is 6.79. The van der Waals surface area contributed by atoms with Crippen molar-refractivity contribution in [3.63, 3.8) is 0 Å². The van der Waals surface area contributed by atoms with Crippen LogP contribution in [0, 0.1) is 11.8 Å². The van der Waals surface area contributed by atoms with E-state index in [9.17, 15) is 9.59 Å². The van der Waals surface area contributed by atoms with Crippen LogP contribution >= 0.6 is 0 Å². The highest BCUT2D eigenvalue weighted by Gasteiger charge is 2.25. The van der Waals surface area contributed by atoms with E-state index in [1.54, 1.807) is 6.92 Å². The summed E-state index contributed by atoms with van der Waals surface area (Å²) in [5.41, 5.74) is 0. The van der Waals surface area contributed by atoms with Gasteiger partial charge in [-0.15, -0.1) is 0 Å². The third-order valence-corrected chi connectivity index (χ3v) is 3.01. The van der Waals surface area contributed by atoms with Crippen molar-refractivity contribution in [1.29, 1.82) is 0 Å². The second-order valence-corrected chi connectivity index (χ2v) is 4.86. The Bertz CT molecular complexity index is 241. The Morgan fingerprint density at radius 1 is 1.18 bits per heavy atom. The van der Waals surface area contributed by atoms with Crippen LogP contribution in [0.3, 0.4) is 0 Å². The van der Waals surface area contributed by atoms with E-state index >= 15 is 0 Å². The molecule has 0 spiro atoms. The van der Waals surface area contributed by atoms with Gasteiger partial charge in [0.2, 0.25) is 5.91 Å². The van der Waals surface area contributed by atoms with Gasteiger partial charge in [-0.2, -0.15) is 0 Å². The van der Waals surface area contributed by atoms with Gasteiger partial charge in [0.25, 0.3) is 0 Å². The average molecular weight is 241 g/mol. The molecule has 0 bridgehead atoms. The highest BCUT2D eigenvalue weighted by Crippen LogP contribution is 2.19. The van der Waals surface area contributed by atoms with Gasteiger partial charge in [0.1, 0.15) is 5.78 Å². The van der Waals surface area contributed by atoms with E-state index < -0.39 is 0 Å². The van der Waals surface area contributed by atoms with Gasteiger partial charge in [0.15, 0.2) is 0 Å². The van der Waals surface area contributed by atoms with Gasteiger partial charge < -0.3 is 4.90 Å². The fraction of sp³-hybridized carbons (Fsp3) is 0.857. The molecule has 1 saturated heterocycles. The predicted molar refractivity (Wildman–Crippen MR) is 70.8 cm³/mol. The van der Waals surface area contributed by atoms with Crippen molar-refractivity contribution >= 4 is 11.7 Å². The van der Waals surface area contributed by atoms with Gasteiger partial charge in [-0.1, -0.05) is 27.7 Å². The first-order valence-corrected chi connectivity index (χ1v) is 6.79. The molecule has 0 aromatic heterocycles. The summed E-state index contributed by atoms with van der Waals surface area (Å²) in [6, 6.07) is 0. The summed E-state index contributed by atoms with van der Waals surface area (Å²) in [6.45, 7) is 11.3. The summed E-state index contributed by atoms with van der Waals surface area (Å²) in [4.78, 5) is 24.8. The molecule has 1 amide bonds. The number of Topliss-reactive ketones (excluding diaryl/α,β-unsaturated/α-hetero) is 1. The molecule has 0 aromatic rings. The number of amides is 1. The lowest BCUT2D eigenvalue weighted by Crippen LogP contribution is -2.40. The van der Waals surface area contributed by atoms with E-state index in [1.807, 2.05) is 18.7 Å². The van der Waals surface area contributed by atoms with Gasteiger partial charge in [0, 0.05) is 25.4 Å². The number of hydrogen-bond acceptors (Lipinski definition) is 2. The molecule has 1 rings (SSSR count). The molecule has 0 atom stereocenters. The van der Waals surface area contributed by atoms with E-state index in [1.165, 1.54) is 0 Å². The van der Waals surface area contributed by atoms with Crippen molar-refractivity contribution in [2.45, 2.75) is 53.9 Å². The van der Waals surface area contributed by atoms with Gasteiger partial charge in [-0.3, -0.25) is 9.59 Å². The minimum Gasteiger partial charge on any atom is -0.343 e. The van der Waals surface area contributed by atoms with Gasteiger partial charge in [0.05, 0.1) is 0 Å². The lowest BCUT2D eigenvalue weighted by atomic mass is 9.93. The monoisotopic (exact) mass is 241 g/mol. The topological polar surface area (TPSA) is 37.4 Å². The summed E-state index contributed by atoms with van der Waals surface area (Å²) in [5.74, 6) is 1.12. The molecule has 0 N–H and O–H groups in total. The summed E-state index contributed by atoms with van der Waals surface area (Å²) < 4.78 is 0. The highest BCUT2D eigenvalue weighted by atomic mass is 16.2. The van der Waals surface area contributed by atoms with Crippen LogP contribution in [-0.2, 0) is 9.59 Å². The van der Waals surface area contributed by atoms with Gasteiger partial charge in [-0.25, -0.2) is 0 Å². The quantitative estimate of drug-likeness (QED) is 0.762. The lowest BCUT2D eigenvalue weighted by Gasteiger charge is -2.31. The SMILES string of the molecule is CC.CC(=O)C1CCN(C(=O)CC(C)C)CC1. The second kappa shape index (κ2) is 8.26. The van der Waals surface area contributed by atoms with Crippen LogP contribution in [0.1, 0.15) is 53.9 Å². The largest absolute Gasteiger partial charge is 0.343 e. The molecular weight excluding hydrogens is 214 g/mol. The number of carbonyl (C=O) groups excluding carboxylic acids is 2. The van der Waals surface area contributed by atoms with Crippen molar-refractivity contribution in [1.82, 2.24) is 4.90 Å². The van der Waals surface area contributed by atoms with E-state index in [0.717, 1.165) is 25.9 Å². The summed E-state index contributed by atoms with van der Waals surface area (Å²) >= 11 is 0.